The minimum absolute atomic E-state index is 0.339. The van der Waals surface area contributed by atoms with E-state index in [9.17, 15) is 4.79 Å². The summed E-state index contributed by atoms with van der Waals surface area (Å²) in [6.45, 7) is 0. The van der Waals surface area contributed by atoms with Crippen molar-refractivity contribution in [2.75, 3.05) is 0 Å². The van der Waals surface area contributed by atoms with Gasteiger partial charge in [-0.1, -0.05) is 0 Å². The molecule has 4 fully saturated rings. The van der Waals surface area contributed by atoms with Gasteiger partial charge in [0.25, 0.3) is 0 Å². The molecule has 4 bridgehead atoms. The lowest BCUT2D eigenvalue weighted by Crippen LogP contribution is -2.46. The van der Waals surface area contributed by atoms with E-state index < -0.39 is 6.04 Å². The number of amides is 1. The van der Waals surface area contributed by atoms with Crippen LogP contribution in [0.1, 0.15) is 44.9 Å². The second-order valence-corrected chi connectivity index (χ2v) is 6.68. The van der Waals surface area contributed by atoms with Crippen LogP contribution in [0.3, 0.4) is 0 Å². The molecular formula is C14H24N2O. The van der Waals surface area contributed by atoms with E-state index in [2.05, 4.69) is 0 Å². The van der Waals surface area contributed by atoms with Gasteiger partial charge in [0.05, 0.1) is 6.04 Å². The van der Waals surface area contributed by atoms with Crippen LogP contribution in [-0.4, -0.2) is 11.9 Å². The first-order valence-corrected chi connectivity index (χ1v) is 7.18. The van der Waals surface area contributed by atoms with Crippen molar-refractivity contribution in [3.05, 3.63) is 0 Å². The summed E-state index contributed by atoms with van der Waals surface area (Å²) in [5, 5.41) is 0. The Morgan fingerprint density at radius 2 is 1.59 bits per heavy atom. The molecule has 17 heavy (non-hydrogen) atoms. The van der Waals surface area contributed by atoms with Crippen LogP contribution in [0.5, 0.6) is 0 Å². The number of nitrogens with two attached hydrogens (primary N) is 2. The Balaban J connectivity index is 1.59. The summed E-state index contributed by atoms with van der Waals surface area (Å²) in [6, 6.07) is -0.424. The Morgan fingerprint density at radius 1 is 1.06 bits per heavy atom. The van der Waals surface area contributed by atoms with E-state index >= 15 is 0 Å². The minimum atomic E-state index is -0.424. The van der Waals surface area contributed by atoms with Gasteiger partial charge in [0.1, 0.15) is 0 Å². The van der Waals surface area contributed by atoms with Crippen LogP contribution in [-0.2, 0) is 4.79 Å². The average molecular weight is 236 g/mol. The first kappa shape index (κ1) is 11.5. The van der Waals surface area contributed by atoms with Gasteiger partial charge in [0.15, 0.2) is 0 Å². The van der Waals surface area contributed by atoms with Crippen LogP contribution in [0.25, 0.3) is 0 Å². The fourth-order valence-electron chi connectivity index (χ4n) is 5.02. The van der Waals surface area contributed by atoms with Gasteiger partial charge < -0.3 is 11.5 Å². The third-order valence-electron chi connectivity index (χ3n) is 5.60. The van der Waals surface area contributed by atoms with Crippen molar-refractivity contribution in [2.45, 2.75) is 51.0 Å². The summed E-state index contributed by atoms with van der Waals surface area (Å²) < 4.78 is 0. The lowest BCUT2D eigenvalue weighted by atomic mass is 9.51. The van der Waals surface area contributed by atoms with Crippen molar-refractivity contribution in [3.8, 4) is 0 Å². The van der Waals surface area contributed by atoms with Crippen molar-refractivity contribution in [2.24, 2.45) is 41.1 Å². The maximum absolute atomic E-state index is 11.0. The van der Waals surface area contributed by atoms with E-state index in [4.69, 9.17) is 11.5 Å². The van der Waals surface area contributed by atoms with Crippen molar-refractivity contribution in [1.29, 1.82) is 0 Å². The van der Waals surface area contributed by atoms with Crippen molar-refractivity contribution < 1.29 is 4.79 Å². The maximum atomic E-state index is 11.0. The molecular weight excluding hydrogens is 212 g/mol. The summed E-state index contributed by atoms with van der Waals surface area (Å²) in [6.07, 6.45) is 9.21. The SMILES string of the molecule is NC(=O)C(N)CCC1C2CC3CC(C2)CC1C3. The molecule has 1 atom stereocenters. The predicted molar refractivity (Wildman–Crippen MR) is 66.9 cm³/mol. The zero-order valence-corrected chi connectivity index (χ0v) is 10.5. The molecule has 4 aliphatic carbocycles. The molecule has 96 valence electrons. The van der Waals surface area contributed by atoms with Gasteiger partial charge in [-0.3, -0.25) is 4.79 Å². The number of carbonyl (C=O) groups excluding carboxylic acids is 1. The highest BCUT2D eigenvalue weighted by molar-refractivity contribution is 5.79. The average Bonchev–Trinajstić information content (AvgIpc) is 2.26. The number of carbonyl (C=O) groups is 1. The molecule has 4 aliphatic rings. The molecule has 0 aromatic heterocycles. The van der Waals surface area contributed by atoms with E-state index in [0.717, 1.165) is 42.4 Å². The highest BCUT2D eigenvalue weighted by Crippen LogP contribution is 2.57. The van der Waals surface area contributed by atoms with E-state index in [0.29, 0.717) is 0 Å². The van der Waals surface area contributed by atoms with Gasteiger partial charge in [-0.2, -0.15) is 0 Å². The van der Waals surface area contributed by atoms with Crippen LogP contribution >= 0.6 is 0 Å². The van der Waals surface area contributed by atoms with Crippen LogP contribution in [0, 0.1) is 29.6 Å². The van der Waals surface area contributed by atoms with Gasteiger partial charge in [-0.05, 0) is 74.5 Å². The van der Waals surface area contributed by atoms with E-state index in [1.165, 1.54) is 32.1 Å². The quantitative estimate of drug-likeness (QED) is 0.779. The third kappa shape index (κ3) is 2.10. The van der Waals surface area contributed by atoms with E-state index in [1.54, 1.807) is 0 Å². The molecule has 0 radical (unpaired) electrons. The zero-order valence-electron chi connectivity index (χ0n) is 10.5. The smallest absolute Gasteiger partial charge is 0.234 e. The van der Waals surface area contributed by atoms with Gasteiger partial charge in [-0.15, -0.1) is 0 Å². The van der Waals surface area contributed by atoms with Crippen LogP contribution in [0.15, 0.2) is 0 Å². The normalized spacial score (nSPS) is 44.9. The van der Waals surface area contributed by atoms with Crippen LogP contribution < -0.4 is 11.5 Å². The molecule has 1 unspecified atom stereocenters. The van der Waals surface area contributed by atoms with E-state index in [1.807, 2.05) is 0 Å². The topological polar surface area (TPSA) is 69.1 Å². The fraction of sp³-hybridized carbons (Fsp3) is 0.929. The molecule has 4 rings (SSSR count). The molecule has 1 amide bonds. The monoisotopic (exact) mass is 236 g/mol. The molecule has 0 aliphatic heterocycles. The largest absolute Gasteiger partial charge is 0.368 e. The number of hydrogen-bond donors (Lipinski definition) is 2. The van der Waals surface area contributed by atoms with Crippen molar-refractivity contribution in [3.63, 3.8) is 0 Å². The molecule has 0 saturated heterocycles. The molecule has 4 saturated carbocycles. The van der Waals surface area contributed by atoms with Crippen molar-refractivity contribution in [1.82, 2.24) is 0 Å². The number of primary amides is 1. The van der Waals surface area contributed by atoms with Gasteiger partial charge in [0, 0.05) is 0 Å². The lowest BCUT2D eigenvalue weighted by Gasteiger charge is -2.54. The lowest BCUT2D eigenvalue weighted by molar-refractivity contribution is -0.119. The molecule has 0 aromatic carbocycles. The Bertz CT molecular complexity index is 287. The zero-order chi connectivity index (χ0) is 12.0. The second-order valence-electron chi connectivity index (χ2n) is 6.68. The van der Waals surface area contributed by atoms with Crippen molar-refractivity contribution >= 4 is 5.91 Å². The van der Waals surface area contributed by atoms with Gasteiger partial charge in [0.2, 0.25) is 5.91 Å². The molecule has 0 heterocycles. The Hall–Kier alpha value is -0.570. The number of rotatable bonds is 4. The molecule has 4 N–H and O–H groups in total. The molecule has 3 nitrogen and oxygen atoms in total. The summed E-state index contributed by atoms with van der Waals surface area (Å²) in [5.41, 5.74) is 11.0. The molecule has 3 heteroatoms. The Labute approximate surface area is 103 Å². The molecule has 0 spiro atoms. The van der Waals surface area contributed by atoms with Crippen LogP contribution in [0.4, 0.5) is 0 Å². The number of hydrogen-bond acceptors (Lipinski definition) is 2. The maximum Gasteiger partial charge on any atom is 0.234 e. The fourth-order valence-corrected chi connectivity index (χ4v) is 5.02. The third-order valence-corrected chi connectivity index (χ3v) is 5.60. The summed E-state index contributed by atoms with van der Waals surface area (Å²) in [7, 11) is 0. The predicted octanol–water partition coefficient (Wildman–Crippen LogP) is 1.65. The standard InChI is InChI=1S/C14H24N2O/c15-13(14(16)17)2-1-12-10-4-8-3-9(6-10)7-11(12)5-8/h8-13H,1-7,15H2,(H2,16,17). The summed E-state index contributed by atoms with van der Waals surface area (Å²) in [4.78, 5) is 11.0. The Morgan fingerprint density at radius 3 is 2.06 bits per heavy atom. The minimum Gasteiger partial charge on any atom is -0.368 e. The van der Waals surface area contributed by atoms with Gasteiger partial charge >= 0.3 is 0 Å². The summed E-state index contributed by atoms with van der Waals surface area (Å²) in [5.74, 6) is 4.43. The Kier molecular flexibility index (Phi) is 2.89. The second kappa shape index (κ2) is 4.27. The highest BCUT2D eigenvalue weighted by Gasteiger charge is 2.47. The first-order valence-electron chi connectivity index (χ1n) is 7.18. The first-order chi connectivity index (χ1) is 8.13. The van der Waals surface area contributed by atoms with Crippen LogP contribution in [0.2, 0.25) is 0 Å². The van der Waals surface area contributed by atoms with Gasteiger partial charge in [-0.25, -0.2) is 0 Å². The summed E-state index contributed by atoms with van der Waals surface area (Å²) >= 11 is 0. The molecule has 0 aromatic rings. The van der Waals surface area contributed by atoms with E-state index in [-0.39, 0.29) is 5.91 Å². The highest BCUT2D eigenvalue weighted by atomic mass is 16.1.